The van der Waals surface area contributed by atoms with Crippen molar-refractivity contribution in [1.82, 2.24) is 4.90 Å². The van der Waals surface area contributed by atoms with Crippen LogP contribution in [0.3, 0.4) is 0 Å². The molecule has 0 spiro atoms. The monoisotopic (exact) mass is 287 g/mol. The van der Waals surface area contributed by atoms with Crippen molar-refractivity contribution in [2.24, 2.45) is 5.92 Å². The van der Waals surface area contributed by atoms with E-state index in [1.807, 2.05) is 0 Å². The maximum Gasteiger partial charge on any atom is 0.310 e. The van der Waals surface area contributed by atoms with Gasteiger partial charge in [0.1, 0.15) is 0 Å². The van der Waals surface area contributed by atoms with E-state index in [4.69, 9.17) is 4.74 Å². The molecule has 1 aliphatic carbocycles. The van der Waals surface area contributed by atoms with Crippen molar-refractivity contribution in [2.75, 3.05) is 20.2 Å². The molecule has 0 saturated carbocycles. The minimum Gasteiger partial charge on any atom is -0.469 e. The van der Waals surface area contributed by atoms with Gasteiger partial charge in [-0.05, 0) is 42.4 Å². The van der Waals surface area contributed by atoms with Crippen molar-refractivity contribution in [3.05, 3.63) is 34.9 Å². The summed E-state index contributed by atoms with van der Waals surface area (Å²) in [5.74, 6) is -0.249. The van der Waals surface area contributed by atoms with Gasteiger partial charge in [-0.25, -0.2) is 0 Å². The molecule has 112 valence electrons. The topological polar surface area (TPSA) is 46.6 Å². The first kappa shape index (κ1) is 14.1. The van der Waals surface area contributed by atoms with E-state index in [0.29, 0.717) is 25.9 Å². The van der Waals surface area contributed by atoms with Crippen LogP contribution in [0, 0.1) is 5.92 Å². The van der Waals surface area contributed by atoms with Crippen molar-refractivity contribution in [3.8, 4) is 0 Å². The van der Waals surface area contributed by atoms with Crippen LogP contribution >= 0.6 is 0 Å². The highest BCUT2D eigenvalue weighted by molar-refractivity contribution is 5.81. The molecule has 1 aromatic carbocycles. The molecule has 1 saturated heterocycles. The molecule has 1 amide bonds. The lowest BCUT2D eigenvalue weighted by atomic mass is 10.0. The van der Waals surface area contributed by atoms with Gasteiger partial charge in [-0.15, -0.1) is 0 Å². The first-order valence-corrected chi connectivity index (χ1v) is 7.63. The molecular formula is C17H21NO3. The van der Waals surface area contributed by atoms with Crippen LogP contribution in [0.2, 0.25) is 0 Å². The smallest absolute Gasteiger partial charge is 0.310 e. The second-order valence-corrected chi connectivity index (χ2v) is 5.98. The molecular weight excluding hydrogens is 266 g/mol. The third-order valence-electron chi connectivity index (χ3n) is 4.59. The zero-order valence-electron chi connectivity index (χ0n) is 12.4. The Kier molecular flexibility index (Phi) is 3.95. The molecule has 2 aliphatic rings. The maximum absolute atomic E-state index is 12.3. The summed E-state index contributed by atoms with van der Waals surface area (Å²) in [6.07, 6.45) is 4.66. The molecule has 4 heteroatoms. The van der Waals surface area contributed by atoms with Gasteiger partial charge in [-0.3, -0.25) is 9.59 Å². The molecule has 0 bridgehead atoms. The summed E-state index contributed by atoms with van der Waals surface area (Å²) >= 11 is 0. The summed E-state index contributed by atoms with van der Waals surface area (Å²) < 4.78 is 4.75. The van der Waals surface area contributed by atoms with E-state index in [9.17, 15) is 9.59 Å². The predicted molar refractivity (Wildman–Crippen MR) is 78.9 cm³/mol. The van der Waals surface area contributed by atoms with Gasteiger partial charge in [0.05, 0.1) is 19.4 Å². The summed E-state index contributed by atoms with van der Waals surface area (Å²) in [5, 5.41) is 0. The number of esters is 1. The van der Waals surface area contributed by atoms with Gasteiger partial charge < -0.3 is 9.64 Å². The number of fused-ring (bicyclic) bond motifs is 1. The number of likely N-dealkylation sites (tertiary alicyclic amines) is 1. The van der Waals surface area contributed by atoms with E-state index in [2.05, 4.69) is 18.2 Å². The highest BCUT2D eigenvalue weighted by Gasteiger charge is 2.31. The zero-order chi connectivity index (χ0) is 14.8. The first-order valence-electron chi connectivity index (χ1n) is 7.63. The Morgan fingerprint density at radius 3 is 2.90 bits per heavy atom. The molecule has 1 aliphatic heterocycles. The lowest BCUT2D eigenvalue weighted by Gasteiger charge is -2.16. The number of hydrogen-bond donors (Lipinski definition) is 0. The minimum atomic E-state index is -0.206. The molecule has 3 rings (SSSR count). The van der Waals surface area contributed by atoms with Crippen molar-refractivity contribution in [2.45, 2.75) is 32.1 Å². The number of methoxy groups -OCH3 is 1. The van der Waals surface area contributed by atoms with Gasteiger partial charge in [-0.2, -0.15) is 0 Å². The molecule has 1 atom stereocenters. The Morgan fingerprint density at radius 1 is 1.29 bits per heavy atom. The molecule has 21 heavy (non-hydrogen) atoms. The number of carbonyl (C=O) groups is 2. The predicted octanol–water partition coefficient (Wildman–Crippen LogP) is 1.74. The van der Waals surface area contributed by atoms with E-state index >= 15 is 0 Å². The second-order valence-electron chi connectivity index (χ2n) is 5.98. The maximum atomic E-state index is 12.3. The second kappa shape index (κ2) is 5.88. The van der Waals surface area contributed by atoms with Crippen LogP contribution in [0.4, 0.5) is 0 Å². The zero-order valence-corrected chi connectivity index (χ0v) is 12.4. The average Bonchev–Trinajstić information content (AvgIpc) is 3.14. The minimum absolute atomic E-state index is 0.111. The molecule has 1 aromatic rings. The Morgan fingerprint density at radius 2 is 2.10 bits per heavy atom. The van der Waals surface area contributed by atoms with Gasteiger partial charge in [0.25, 0.3) is 0 Å². The Hall–Kier alpha value is -1.84. The van der Waals surface area contributed by atoms with Gasteiger partial charge in [0.15, 0.2) is 0 Å². The van der Waals surface area contributed by atoms with Gasteiger partial charge in [0.2, 0.25) is 5.91 Å². The van der Waals surface area contributed by atoms with Crippen LogP contribution in [0.15, 0.2) is 18.2 Å². The Labute approximate surface area is 125 Å². The molecule has 1 fully saturated rings. The summed E-state index contributed by atoms with van der Waals surface area (Å²) in [7, 11) is 1.40. The number of carbonyl (C=O) groups excluding carboxylic acids is 2. The van der Waals surface area contributed by atoms with Crippen molar-refractivity contribution < 1.29 is 14.3 Å². The number of ether oxygens (including phenoxy) is 1. The van der Waals surface area contributed by atoms with Crippen LogP contribution in [0.25, 0.3) is 0 Å². The fourth-order valence-electron chi connectivity index (χ4n) is 3.37. The van der Waals surface area contributed by atoms with Gasteiger partial charge in [0, 0.05) is 13.1 Å². The number of nitrogens with zero attached hydrogens (tertiary/aromatic N) is 1. The summed E-state index contributed by atoms with van der Waals surface area (Å²) in [6.45, 7) is 1.15. The average molecular weight is 287 g/mol. The van der Waals surface area contributed by atoms with E-state index < -0.39 is 0 Å². The highest BCUT2D eigenvalue weighted by atomic mass is 16.5. The molecule has 0 aromatic heterocycles. The summed E-state index contributed by atoms with van der Waals surface area (Å²) in [6, 6.07) is 6.40. The summed E-state index contributed by atoms with van der Waals surface area (Å²) in [4.78, 5) is 25.6. The van der Waals surface area contributed by atoms with Gasteiger partial charge >= 0.3 is 5.97 Å². The first-order chi connectivity index (χ1) is 10.2. The fourth-order valence-corrected chi connectivity index (χ4v) is 3.37. The fraction of sp³-hybridized carbons (Fsp3) is 0.529. The molecule has 1 unspecified atom stereocenters. The van der Waals surface area contributed by atoms with Crippen LogP contribution in [0.1, 0.15) is 29.5 Å². The van der Waals surface area contributed by atoms with Crippen molar-refractivity contribution in [3.63, 3.8) is 0 Å². The molecule has 0 N–H and O–H groups in total. The third-order valence-corrected chi connectivity index (χ3v) is 4.59. The van der Waals surface area contributed by atoms with E-state index in [1.54, 1.807) is 4.90 Å². The Balaban J connectivity index is 1.61. The molecule has 1 heterocycles. The lowest BCUT2D eigenvalue weighted by Crippen LogP contribution is -2.31. The van der Waals surface area contributed by atoms with Crippen molar-refractivity contribution >= 4 is 11.9 Å². The van der Waals surface area contributed by atoms with E-state index in [1.165, 1.54) is 24.7 Å². The molecule has 0 radical (unpaired) electrons. The SMILES string of the molecule is COC(=O)C1CCN(C(=O)Cc2ccc3c(c2)CCC3)C1. The van der Waals surface area contributed by atoms with Crippen molar-refractivity contribution in [1.29, 1.82) is 0 Å². The highest BCUT2D eigenvalue weighted by Crippen LogP contribution is 2.24. The number of benzene rings is 1. The Bertz CT molecular complexity index is 567. The molecule has 4 nitrogen and oxygen atoms in total. The van der Waals surface area contributed by atoms with Crippen LogP contribution in [-0.4, -0.2) is 37.0 Å². The normalized spacial score (nSPS) is 20.4. The van der Waals surface area contributed by atoms with Crippen LogP contribution in [0.5, 0.6) is 0 Å². The standard InChI is InChI=1S/C17H21NO3/c1-21-17(20)15-7-8-18(11-15)16(19)10-12-5-6-13-3-2-4-14(13)9-12/h5-6,9,15H,2-4,7-8,10-11H2,1H3. The lowest BCUT2D eigenvalue weighted by molar-refractivity contribution is -0.145. The number of amides is 1. The number of hydrogen-bond acceptors (Lipinski definition) is 3. The van der Waals surface area contributed by atoms with Crippen LogP contribution < -0.4 is 0 Å². The quantitative estimate of drug-likeness (QED) is 0.796. The largest absolute Gasteiger partial charge is 0.469 e. The summed E-state index contributed by atoms with van der Waals surface area (Å²) in [5.41, 5.74) is 3.91. The van der Waals surface area contributed by atoms with E-state index in [0.717, 1.165) is 18.4 Å². The van der Waals surface area contributed by atoms with E-state index in [-0.39, 0.29) is 17.8 Å². The third kappa shape index (κ3) is 2.94. The van der Waals surface area contributed by atoms with Crippen LogP contribution in [-0.2, 0) is 33.6 Å². The van der Waals surface area contributed by atoms with Gasteiger partial charge in [-0.1, -0.05) is 18.2 Å². The number of rotatable bonds is 3. The number of aryl methyl sites for hydroxylation is 2.